The van der Waals surface area contributed by atoms with E-state index >= 15 is 0 Å². The molecule has 1 aliphatic heterocycles. The van der Waals surface area contributed by atoms with Crippen molar-refractivity contribution in [3.8, 4) is 22.8 Å². The van der Waals surface area contributed by atoms with E-state index < -0.39 is 4.92 Å². The van der Waals surface area contributed by atoms with Gasteiger partial charge in [0.15, 0.2) is 5.82 Å². The average molecular weight is 503 g/mol. The number of nitrogens with one attached hydrogen (secondary N) is 1. The van der Waals surface area contributed by atoms with Gasteiger partial charge in [0.05, 0.1) is 36.6 Å². The minimum absolute atomic E-state index is 0.0477. The number of anilines is 3. The first-order chi connectivity index (χ1) is 18.1. The van der Waals surface area contributed by atoms with Gasteiger partial charge in [0, 0.05) is 61.4 Å². The van der Waals surface area contributed by atoms with E-state index in [1.165, 1.54) is 13.2 Å². The predicted molar refractivity (Wildman–Crippen MR) is 138 cm³/mol. The zero-order chi connectivity index (χ0) is 25.8. The number of hydrogen-bond donors (Lipinski definition) is 2. The lowest BCUT2D eigenvalue weighted by Crippen LogP contribution is -2.36. The molecule has 3 heterocycles. The molecule has 0 atom stereocenters. The van der Waals surface area contributed by atoms with Crippen molar-refractivity contribution in [1.29, 1.82) is 0 Å². The van der Waals surface area contributed by atoms with Gasteiger partial charge in [0.2, 0.25) is 5.95 Å². The summed E-state index contributed by atoms with van der Waals surface area (Å²) in [6.45, 7) is 2.44. The van der Waals surface area contributed by atoms with Crippen LogP contribution in [0, 0.1) is 10.1 Å². The third-order valence-corrected chi connectivity index (χ3v) is 6.02. The van der Waals surface area contributed by atoms with Gasteiger partial charge in [-0.15, -0.1) is 0 Å². The maximum absolute atomic E-state index is 11.9. The second-order valence-electron chi connectivity index (χ2n) is 8.28. The molecule has 3 N–H and O–H groups in total. The van der Waals surface area contributed by atoms with Crippen LogP contribution >= 0.6 is 0 Å². The lowest BCUT2D eigenvalue weighted by atomic mass is 10.1. The van der Waals surface area contributed by atoms with Crippen molar-refractivity contribution in [3.05, 3.63) is 76.6 Å². The fourth-order valence-electron chi connectivity index (χ4n) is 4.20. The number of hydrogen-bond acceptors (Lipinski definition) is 10. The van der Waals surface area contributed by atoms with Gasteiger partial charge in [0.25, 0.3) is 5.69 Å². The first kappa shape index (κ1) is 24.2. The summed E-state index contributed by atoms with van der Waals surface area (Å²) in [5.41, 5.74) is 9.36. The van der Waals surface area contributed by atoms with Crippen molar-refractivity contribution >= 4 is 23.0 Å². The summed E-state index contributed by atoms with van der Waals surface area (Å²) in [6.07, 6.45) is 3.41. The Hall–Kier alpha value is -4.55. The molecule has 5 rings (SSSR count). The Morgan fingerprint density at radius 2 is 1.97 bits per heavy atom. The first-order valence-corrected chi connectivity index (χ1v) is 11.7. The number of ether oxygens (including phenoxy) is 2. The molecule has 12 nitrogen and oxygen atoms in total. The molecule has 12 heteroatoms. The Morgan fingerprint density at radius 1 is 1.19 bits per heavy atom. The average Bonchev–Trinajstić information content (AvgIpc) is 3.39. The van der Waals surface area contributed by atoms with Crippen molar-refractivity contribution in [2.75, 3.05) is 43.6 Å². The quantitative estimate of drug-likeness (QED) is 0.272. The van der Waals surface area contributed by atoms with Gasteiger partial charge in [-0.05, 0) is 0 Å². The highest BCUT2D eigenvalue weighted by Gasteiger charge is 2.25. The molecule has 1 aliphatic rings. The smallest absolute Gasteiger partial charge is 0.294 e. The van der Waals surface area contributed by atoms with Gasteiger partial charge in [-0.25, -0.2) is 9.67 Å². The molecule has 0 amide bonds. The number of aromatic nitrogens is 4. The summed E-state index contributed by atoms with van der Waals surface area (Å²) in [5, 5.41) is 19.7. The number of nitro groups is 1. The van der Waals surface area contributed by atoms with Gasteiger partial charge in [-0.1, -0.05) is 30.3 Å². The summed E-state index contributed by atoms with van der Waals surface area (Å²) in [4.78, 5) is 22.3. The van der Waals surface area contributed by atoms with Gasteiger partial charge >= 0.3 is 0 Å². The van der Waals surface area contributed by atoms with E-state index in [0.29, 0.717) is 55.8 Å². The fraction of sp³-hybridized carbons (Fsp3) is 0.240. The highest BCUT2D eigenvalue weighted by molar-refractivity contribution is 5.77. The largest absolute Gasteiger partial charge is 0.494 e. The Balaban J connectivity index is 1.47. The topological polar surface area (TPSA) is 146 Å². The van der Waals surface area contributed by atoms with E-state index in [0.717, 1.165) is 16.8 Å². The first-order valence-electron chi connectivity index (χ1n) is 11.7. The minimum atomic E-state index is -0.407. The summed E-state index contributed by atoms with van der Waals surface area (Å²) in [6, 6.07) is 14.6. The van der Waals surface area contributed by atoms with Crippen molar-refractivity contribution in [2.24, 2.45) is 5.73 Å². The summed E-state index contributed by atoms with van der Waals surface area (Å²) in [7, 11) is 1.51. The van der Waals surface area contributed by atoms with Crippen LogP contribution in [0.2, 0.25) is 0 Å². The van der Waals surface area contributed by atoms with Crippen LogP contribution in [0.5, 0.6) is 5.75 Å². The normalized spacial score (nSPS) is 13.4. The fourth-order valence-corrected chi connectivity index (χ4v) is 4.20. The van der Waals surface area contributed by atoms with Crippen LogP contribution in [0.3, 0.4) is 0 Å². The molecule has 0 saturated carbocycles. The molecular formula is C25H26N8O4. The Bertz CT molecular complexity index is 1400. The minimum Gasteiger partial charge on any atom is -0.494 e. The molecule has 0 unspecified atom stereocenters. The van der Waals surface area contributed by atoms with Crippen LogP contribution in [0.1, 0.15) is 5.56 Å². The van der Waals surface area contributed by atoms with Crippen molar-refractivity contribution < 1.29 is 14.4 Å². The molecule has 0 radical (unpaired) electrons. The van der Waals surface area contributed by atoms with Gasteiger partial charge in [0.1, 0.15) is 11.4 Å². The SMILES string of the molecule is COc1cc(N2CCOCC2)c([N+](=O)[O-])cc1Nc1nccc(-n2cc(CN)c(-c3ccccc3)n2)n1. The van der Waals surface area contributed by atoms with Crippen molar-refractivity contribution in [3.63, 3.8) is 0 Å². The summed E-state index contributed by atoms with van der Waals surface area (Å²) >= 11 is 0. The number of methoxy groups -OCH3 is 1. The molecule has 2 aromatic carbocycles. The standard InChI is InChI=1S/C25H26N8O4/c1-36-22-14-20(31-9-11-37-12-10-31)21(33(34)35)13-19(22)28-25-27-8-7-23(29-25)32-16-18(15-26)24(30-32)17-5-3-2-4-6-17/h2-8,13-14,16H,9-12,15,26H2,1H3,(H,27,28,29). The van der Waals surface area contributed by atoms with E-state index in [9.17, 15) is 10.1 Å². The lowest BCUT2D eigenvalue weighted by Gasteiger charge is -2.29. The van der Waals surface area contributed by atoms with E-state index in [1.54, 1.807) is 23.0 Å². The molecule has 1 fully saturated rings. The van der Waals surface area contributed by atoms with Crippen LogP contribution in [-0.4, -0.2) is 58.1 Å². The zero-order valence-electron chi connectivity index (χ0n) is 20.2. The number of morpholine rings is 1. The van der Waals surface area contributed by atoms with Gasteiger partial charge < -0.3 is 25.4 Å². The molecular weight excluding hydrogens is 476 g/mol. The Morgan fingerprint density at radius 3 is 2.68 bits per heavy atom. The number of benzene rings is 2. The third kappa shape index (κ3) is 5.06. The molecule has 0 aliphatic carbocycles. The van der Waals surface area contributed by atoms with E-state index in [2.05, 4.69) is 15.3 Å². The van der Waals surface area contributed by atoms with Crippen molar-refractivity contribution in [2.45, 2.75) is 6.54 Å². The molecule has 0 spiro atoms. The second kappa shape index (κ2) is 10.6. The highest BCUT2D eigenvalue weighted by atomic mass is 16.6. The highest BCUT2D eigenvalue weighted by Crippen LogP contribution is 2.39. The second-order valence-corrected chi connectivity index (χ2v) is 8.28. The van der Waals surface area contributed by atoms with Gasteiger partial charge in [-0.2, -0.15) is 10.1 Å². The number of nitrogens with two attached hydrogens (primary N) is 1. The molecule has 4 aromatic rings. The van der Waals surface area contributed by atoms with Crippen LogP contribution in [0.25, 0.3) is 17.1 Å². The monoisotopic (exact) mass is 502 g/mol. The van der Waals surface area contributed by atoms with E-state index in [1.807, 2.05) is 41.4 Å². The van der Waals surface area contributed by atoms with E-state index in [-0.39, 0.29) is 11.6 Å². The summed E-state index contributed by atoms with van der Waals surface area (Å²) in [5.74, 6) is 1.17. The number of nitro benzene ring substituents is 1. The lowest BCUT2D eigenvalue weighted by molar-refractivity contribution is -0.384. The zero-order valence-corrected chi connectivity index (χ0v) is 20.2. The van der Waals surface area contributed by atoms with Gasteiger partial charge in [-0.3, -0.25) is 10.1 Å². The van der Waals surface area contributed by atoms with Crippen LogP contribution in [0.4, 0.5) is 23.0 Å². The molecule has 37 heavy (non-hydrogen) atoms. The molecule has 190 valence electrons. The van der Waals surface area contributed by atoms with Crippen LogP contribution in [0.15, 0.2) is 60.9 Å². The Kier molecular flexibility index (Phi) is 6.92. The van der Waals surface area contributed by atoms with E-state index in [4.69, 9.17) is 20.3 Å². The maximum Gasteiger partial charge on any atom is 0.294 e. The predicted octanol–water partition coefficient (Wildman–Crippen LogP) is 3.29. The maximum atomic E-state index is 11.9. The van der Waals surface area contributed by atoms with Crippen molar-refractivity contribution in [1.82, 2.24) is 19.7 Å². The third-order valence-electron chi connectivity index (χ3n) is 6.02. The number of nitrogens with zero attached hydrogens (tertiary/aromatic N) is 6. The molecule has 2 aromatic heterocycles. The summed E-state index contributed by atoms with van der Waals surface area (Å²) < 4.78 is 12.6. The van der Waals surface area contributed by atoms with Crippen LogP contribution in [-0.2, 0) is 11.3 Å². The van der Waals surface area contributed by atoms with Crippen LogP contribution < -0.4 is 20.7 Å². The number of rotatable bonds is 8. The molecule has 0 bridgehead atoms. The molecule has 1 saturated heterocycles. The Labute approximate surface area is 212 Å².